The number of hydrogen-bond donors (Lipinski definition) is 1. The van der Waals surface area contributed by atoms with Gasteiger partial charge in [-0.2, -0.15) is 0 Å². The molecule has 4 nitrogen and oxygen atoms in total. The number of hydrogen-bond acceptors (Lipinski definition) is 5. The van der Waals surface area contributed by atoms with Crippen molar-refractivity contribution < 1.29 is 4.39 Å². The molecule has 2 aromatic heterocycles. The first kappa shape index (κ1) is 11.9. The lowest BCUT2D eigenvalue weighted by Crippen LogP contribution is -2.06. The zero-order valence-electron chi connectivity index (χ0n) is 9.91. The van der Waals surface area contributed by atoms with Crippen molar-refractivity contribution in [2.24, 2.45) is 0 Å². The summed E-state index contributed by atoms with van der Waals surface area (Å²) in [7, 11) is 1.64. The standard InChI is InChI=1S/C11H13FN4S/c1-6-5-17-9(14-6)4-8-15-7(2)10(12)11(13-3)16-8/h5H,4H2,1-3H3,(H,13,15,16). The molecule has 0 saturated heterocycles. The molecule has 2 heterocycles. The maximum atomic E-state index is 13.5. The molecule has 0 amide bonds. The Morgan fingerprint density at radius 3 is 2.65 bits per heavy atom. The van der Waals surface area contributed by atoms with E-state index in [1.54, 1.807) is 25.3 Å². The second-order valence-electron chi connectivity index (χ2n) is 3.70. The molecular weight excluding hydrogens is 239 g/mol. The molecule has 2 rings (SSSR count). The van der Waals surface area contributed by atoms with Crippen LogP contribution in [0.2, 0.25) is 0 Å². The van der Waals surface area contributed by atoms with Gasteiger partial charge in [0.25, 0.3) is 0 Å². The Hall–Kier alpha value is -1.56. The van der Waals surface area contributed by atoms with Crippen molar-refractivity contribution in [3.8, 4) is 0 Å². The van der Waals surface area contributed by atoms with Crippen LogP contribution >= 0.6 is 11.3 Å². The van der Waals surface area contributed by atoms with Gasteiger partial charge in [0, 0.05) is 18.1 Å². The SMILES string of the molecule is CNc1nc(Cc2nc(C)cs2)nc(C)c1F. The van der Waals surface area contributed by atoms with E-state index in [-0.39, 0.29) is 5.82 Å². The topological polar surface area (TPSA) is 50.7 Å². The summed E-state index contributed by atoms with van der Waals surface area (Å²) < 4.78 is 13.5. The Bertz CT molecular complexity index is 538. The van der Waals surface area contributed by atoms with Crippen LogP contribution in [0.25, 0.3) is 0 Å². The van der Waals surface area contributed by atoms with E-state index in [1.165, 1.54) is 0 Å². The van der Waals surface area contributed by atoms with Gasteiger partial charge in [-0.05, 0) is 13.8 Å². The first-order valence-corrected chi connectivity index (χ1v) is 6.10. The Balaban J connectivity index is 2.30. The fraction of sp³-hybridized carbons (Fsp3) is 0.364. The number of nitrogens with one attached hydrogen (secondary N) is 1. The van der Waals surface area contributed by atoms with E-state index >= 15 is 0 Å². The molecule has 0 spiro atoms. The van der Waals surface area contributed by atoms with Crippen LogP contribution in [0.5, 0.6) is 0 Å². The summed E-state index contributed by atoms with van der Waals surface area (Å²) in [6.07, 6.45) is 0.536. The highest BCUT2D eigenvalue weighted by molar-refractivity contribution is 7.09. The molecule has 0 bridgehead atoms. The molecule has 0 radical (unpaired) electrons. The third kappa shape index (κ3) is 2.58. The van der Waals surface area contributed by atoms with Crippen LogP contribution in [0.1, 0.15) is 22.2 Å². The van der Waals surface area contributed by atoms with Crippen LogP contribution in [0.15, 0.2) is 5.38 Å². The summed E-state index contributed by atoms with van der Waals surface area (Å²) in [5, 5.41) is 5.64. The fourth-order valence-electron chi connectivity index (χ4n) is 1.48. The van der Waals surface area contributed by atoms with Gasteiger partial charge in [-0.15, -0.1) is 11.3 Å². The lowest BCUT2D eigenvalue weighted by molar-refractivity contribution is 0.602. The number of nitrogens with zero attached hydrogens (tertiary/aromatic N) is 3. The van der Waals surface area contributed by atoms with Crippen LogP contribution in [-0.4, -0.2) is 22.0 Å². The van der Waals surface area contributed by atoms with Crippen LogP contribution in [-0.2, 0) is 6.42 Å². The summed E-state index contributed by atoms with van der Waals surface area (Å²) in [6, 6.07) is 0. The monoisotopic (exact) mass is 252 g/mol. The van der Waals surface area contributed by atoms with Crippen LogP contribution in [0.4, 0.5) is 10.2 Å². The highest BCUT2D eigenvalue weighted by atomic mass is 32.1. The molecule has 1 N–H and O–H groups in total. The molecule has 0 fully saturated rings. The summed E-state index contributed by atoms with van der Waals surface area (Å²) in [5.41, 5.74) is 1.34. The predicted molar refractivity (Wildman–Crippen MR) is 65.9 cm³/mol. The average Bonchev–Trinajstić information content (AvgIpc) is 2.69. The van der Waals surface area contributed by atoms with Gasteiger partial charge in [-0.25, -0.2) is 19.3 Å². The minimum absolute atomic E-state index is 0.237. The number of aromatic nitrogens is 3. The van der Waals surface area contributed by atoms with E-state index in [0.717, 1.165) is 10.7 Å². The van der Waals surface area contributed by atoms with E-state index < -0.39 is 5.82 Å². The maximum absolute atomic E-state index is 13.5. The smallest absolute Gasteiger partial charge is 0.186 e. The number of halogens is 1. The molecule has 0 atom stereocenters. The molecule has 0 aliphatic heterocycles. The molecule has 6 heteroatoms. The van der Waals surface area contributed by atoms with E-state index in [0.29, 0.717) is 17.9 Å². The van der Waals surface area contributed by atoms with Gasteiger partial charge in [0.2, 0.25) is 0 Å². The Kier molecular flexibility index (Phi) is 3.33. The third-order valence-corrected chi connectivity index (χ3v) is 3.24. The maximum Gasteiger partial charge on any atom is 0.186 e. The van der Waals surface area contributed by atoms with E-state index in [2.05, 4.69) is 20.3 Å². The summed E-state index contributed by atoms with van der Waals surface area (Å²) in [4.78, 5) is 12.6. The number of anilines is 1. The summed E-state index contributed by atoms with van der Waals surface area (Å²) in [5.74, 6) is 0.426. The van der Waals surface area contributed by atoms with Crippen molar-refractivity contribution in [2.75, 3.05) is 12.4 Å². The highest BCUT2D eigenvalue weighted by Gasteiger charge is 2.11. The van der Waals surface area contributed by atoms with Gasteiger partial charge in [0.05, 0.1) is 12.1 Å². The first-order chi connectivity index (χ1) is 8.10. The van der Waals surface area contributed by atoms with Gasteiger partial charge in [-0.3, -0.25) is 0 Å². The van der Waals surface area contributed by atoms with Crippen LogP contribution in [0.3, 0.4) is 0 Å². The van der Waals surface area contributed by atoms with Crippen LogP contribution < -0.4 is 5.32 Å². The molecule has 17 heavy (non-hydrogen) atoms. The van der Waals surface area contributed by atoms with Crippen molar-refractivity contribution in [2.45, 2.75) is 20.3 Å². The molecule has 0 aliphatic rings. The van der Waals surface area contributed by atoms with Crippen molar-refractivity contribution in [1.82, 2.24) is 15.0 Å². The zero-order chi connectivity index (χ0) is 12.4. The minimum atomic E-state index is -0.397. The number of thiazole rings is 1. The van der Waals surface area contributed by atoms with Gasteiger partial charge >= 0.3 is 0 Å². The Morgan fingerprint density at radius 1 is 1.29 bits per heavy atom. The van der Waals surface area contributed by atoms with Crippen molar-refractivity contribution >= 4 is 17.2 Å². The largest absolute Gasteiger partial charge is 0.371 e. The minimum Gasteiger partial charge on any atom is -0.371 e. The quantitative estimate of drug-likeness (QED) is 0.910. The zero-order valence-corrected chi connectivity index (χ0v) is 10.7. The third-order valence-electron chi connectivity index (χ3n) is 2.28. The van der Waals surface area contributed by atoms with Gasteiger partial charge in [0.15, 0.2) is 11.6 Å². The molecule has 0 aliphatic carbocycles. The van der Waals surface area contributed by atoms with E-state index in [9.17, 15) is 4.39 Å². The summed E-state index contributed by atoms with van der Waals surface area (Å²) >= 11 is 1.56. The average molecular weight is 252 g/mol. The lowest BCUT2D eigenvalue weighted by Gasteiger charge is -2.06. The normalized spacial score (nSPS) is 10.6. The van der Waals surface area contributed by atoms with Crippen molar-refractivity contribution in [1.29, 1.82) is 0 Å². The van der Waals surface area contributed by atoms with Crippen molar-refractivity contribution in [3.63, 3.8) is 0 Å². The highest BCUT2D eigenvalue weighted by Crippen LogP contribution is 2.17. The molecular formula is C11H13FN4S. The fourth-order valence-corrected chi connectivity index (χ4v) is 2.25. The second-order valence-corrected chi connectivity index (χ2v) is 4.64. The van der Waals surface area contributed by atoms with Crippen molar-refractivity contribution in [3.05, 3.63) is 33.4 Å². The second kappa shape index (κ2) is 4.75. The number of aryl methyl sites for hydroxylation is 2. The Morgan fingerprint density at radius 2 is 2.06 bits per heavy atom. The van der Waals surface area contributed by atoms with Gasteiger partial charge in [-0.1, -0.05) is 0 Å². The summed E-state index contributed by atoms with van der Waals surface area (Å²) in [6.45, 7) is 3.57. The van der Waals surface area contributed by atoms with Gasteiger partial charge < -0.3 is 5.32 Å². The van der Waals surface area contributed by atoms with E-state index in [1.807, 2.05) is 12.3 Å². The number of rotatable bonds is 3. The predicted octanol–water partition coefficient (Wildman–Crippen LogP) is 2.32. The first-order valence-electron chi connectivity index (χ1n) is 5.22. The Labute approximate surface area is 103 Å². The molecule has 90 valence electrons. The molecule has 0 aromatic carbocycles. The molecule has 0 saturated carbocycles. The molecule has 0 unspecified atom stereocenters. The van der Waals surface area contributed by atoms with Gasteiger partial charge in [0.1, 0.15) is 10.8 Å². The lowest BCUT2D eigenvalue weighted by atomic mass is 10.3. The van der Waals surface area contributed by atoms with Crippen LogP contribution in [0, 0.1) is 19.7 Å². The molecule has 2 aromatic rings. The van der Waals surface area contributed by atoms with E-state index in [4.69, 9.17) is 0 Å².